The molecule has 0 aromatic heterocycles. The third kappa shape index (κ3) is 3.19. The minimum absolute atomic E-state index is 0.144. The molecule has 1 aliphatic carbocycles. The zero-order chi connectivity index (χ0) is 11.4. The van der Waals surface area contributed by atoms with Gasteiger partial charge in [-0.15, -0.1) is 0 Å². The Morgan fingerprint density at radius 2 is 2.00 bits per heavy atom. The highest BCUT2D eigenvalue weighted by Gasteiger charge is 2.27. The summed E-state index contributed by atoms with van der Waals surface area (Å²) in [5.74, 6) is -0.241. The van der Waals surface area contributed by atoms with E-state index in [9.17, 15) is 4.79 Å². The summed E-state index contributed by atoms with van der Waals surface area (Å²) in [6.07, 6.45) is 4.69. The highest BCUT2D eigenvalue weighted by molar-refractivity contribution is 5.69. The van der Waals surface area contributed by atoms with Crippen molar-refractivity contribution in [2.24, 2.45) is 11.8 Å². The van der Waals surface area contributed by atoms with Crippen LogP contribution in [0.2, 0.25) is 0 Å². The molecule has 0 spiro atoms. The Bertz CT molecular complexity index is 227. The van der Waals surface area contributed by atoms with Gasteiger partial charge in [0.05, 0.1) is 25.2 Å². The molecule has 2 fully saturated rings. The highest BCUT2D eigenvalue weighted by Crippen LogP contribution is 2.27. The van der Waals surface area contributed by atoms with Gasteiger partial charge in [-0.2, -0.15) is 0 Å². The van der Waals surface area contributed by atoms with E-state index < -0.39 is 5.97 Å². The summed E-state index contributed by atoms with van der Waals surface area (Å²) in [6, 6.07) is 0. The van der Waals surface area contributed by atoms with Crippen LogP contribution in [0.3, 0.4) is 0 Å². The second-order valence-electron chi connectivity index (χ2n) is 4.87. The minimum Gasteiger partial charge on any atom is -0.481 e. The molecule has 1 heterocycles. The first-order valence-corrected chi connectivity index (χ1v) is 6.18. The van der Waals surface area contributed by atoms with Crippen LogP contribution < -0.4 is 0 Å². The van der Waals surface area contributed by atoms with Crippen LogP contribution in [0.4, 0.5) is 0 Å². The molecule has 0 bridgehead atoms. The minimum atomic E-state index is -0.650. The fraction of sp³-hybridized carbons (Fsp3) is 0.917. The SMILES string of the molecule is O=C(O)C1CCC(OC[C@H]2CCOC2)CC1. The average molecular weight is 228 g/mol. The van der Waals surface area contributed by atoms with E-state index >= 15 is 0 Å². The zero-order valence-corrected chi connectivity index (χ0v) is 9.56. The van der Waals surface area contributed by atoms with Crippen molar-refractivity contribution in [1.82, 2.24) is 0 Å². The van der Waals surface area contributed by atoms with Crippen LogP contribution in [0.15, 0.2) is 0 Å². The molecule has 4 nitrogen and oxygen atoms in total. The molecule has 4 heteroatoms. The predicted octanol–water partition coefficient (Wildman–Crippen LogP) is 1.68. The van der Waals surface area contributed by atoms with Crippen molar-refractivity contribution in [3.63, 3.8) is 0 Å². The largest absolute Gasteiger partial charge is 0.481 e. The Kier molecular flexibility index (Phi) is 4.18. The molecule has 1 aliphatic heterocycles. The number of carboxylic acids is 1. The van der Waals surface area contributed by atoms with E-state index in [2.05, 4.69) is 0 Å². The molecule has 0 amide bonds. The summed E-state index contributed by atoms with van der Waals surface area (Å²) in [6.45, 7) is 2.46. The summed E-state index contributed by atoms with van der Waals surface area (Å²) in [5, 5.41) is 8.87. The number of hydrogen-bond donors (Lipinski definition) is 1. The van der Waals surface area contributed by atoms with Gasteiger partial charge in [-0.3, -0.25) is 4.79 Å². The van der Waals surface area contributed by atoms with E-state index in [-0.39, 0.29) is 12.0 Å². The predicted molar refractivity (Wildman–Crippen MR) is 58.3 cm³/mol. The van der Waals surface area contributed by atoms with E-state index in [1.54, 1.807) is 0 Å². The molecule has 1 atom stereocenters. The zero-order valence-electron chi connectivity index (χ0n) is 9.56. The lowest BCUT2D eigenvalue weighted by Gasteiger charge is -2.27. The van der Waals surface area contributed by atoms with Crippen molar-refractivity contribution in [3.8, 4) is 0 Å². The van der Waals surface area contributed by atoms with Crippen LogP contribution in [-0.4, -0.2) is 37.0 Å². The summed E-state index contributed by atoms with van der Waals surface area (Å²) in [5.41, 5.74) is 0. The van der Waals surface area contributed by atoms with E-state index in [4.69, 9.17) is 14.6 Å². The van der Waals surface area contributed by atoms with Crippen molar-refractivity contribution in [1.29, 1.82) is 0 Å². The van der Waals surface area contributed by atoms with Crippen LogP contribution in [0.5, 0.6) is 0 Å². The van der Waals surface area contributed by atoms with Gasteiger partial charge < -0.3 is 14.6 Å². The van der Waals surface area contributed by atoms with Crippen LogP contribution in [0.25, 0.3) is 0 Å². The molecule has 0 unspecified atom stereocenters. The van der Waals surface area contributed by atoms with Crippen molar-refractivity contribution in [3.05, 3.63) is 0 Å². The monoisotopic (exact) mass is 228 g/mol. The Morgan fingerprint density at radius 1 is 1.25 bits per heavy atom. The molecule has 0 aromatic rings. The fourth-order valence-corrected chi connectivity index (χ4v) is 2.46. The maximum atomic E-state index is 10.8. The van der Waals surface area contributed by atoms with Gasteiger partial charge in [-0.25, -0.2) is 0 Å². The maximum Gasteiger partial charge on any atom is 0.306 e. The highest BCUT2D eigenvalue weighted by atomic mass is 16.5. The molecule has 2 rings (SSSR count). The maximum absolute atomic E-state index is 10.8. The molecular weight excluding hydrogens is 208 g/mol. The number of ether oxygens (including phenoxy) is 2. The Labute approximate surface area is 95.9 Å². The Morgan fingerprint density at radius 3 is 2.56 bits per heavy atom. The molecule has 92 valence electrons. The molecule has 1 saturated heterocycles. The van der Waals surface area contributed by atoms with Crippen molar-refractivity contribution >= 4 is 5.97 Å². The number of carbonyl (C=O) groups is 1. The molecule has 2 aliphatic rings. The first-order valence-electron chi connectivity index (χ1n) is 6.18. The lowest BCUT2D eigenvalue weighted by atomic mass is 9.87. The van der Waals surface area contributed by atoms with Crippen molar-refractivity contribution in [2.75, 3.05) is 19.8 Å². The van der Waals surface area contributed by atoms with Gasteiger partial charge in [-0.1, -0.05) is 0 Å². The summed E-state index contributed by atoms with van der Waals surface area (Å²) >= 11 is 0. The quantitative estimate of drug-likeness (QED) is 0.795. The fourth-order valence-electron chi connectivity index (χ4n) is 2.46. The number of hydrogen-bond acceptors (Lipinski definition) is 3. The lowest BCUT2D eigenvalue weighted by molar-refractivity contribution is -0.143. The first kappa shape index (κ1) is 11.9. The average Bonchev–Trinajstić information content (AvgIpc) is 2.80. The van der Waals surface area contributed by atoms with Gasteiger partial charge in [-0.05, 0) is 32.1 Å². The van der Waals surface area contributed by atoms with Crippen LogP contribution in [-0.2, 0) is 14.3 Å². The smallest absolute Gasteiger partial charge is 0.306 e. The Hall–Kier alpha value is -0.610. The molecule has 1 saturated carbocycles. The van der Waals surface area contributed by atoms with Crippen LogP contribution in [0, 0.1) is 11.8 Å². The van der Waals surface area contributed by atoms with Gasteiger partial charge in [0.15, 0.2) is 0 Å². The van der Waals surface area contributed by atoms with Crippen LogP contribution in [0.1, 0.15) is 32.1 Å². The van der Waals surface area contributed by atoms with E-state index in [0.717, 1.165) is 51.9 Å². The molecule has 16 heavy (non-hydrogen) atoms. The normalized spacial score (nSPS) is 35.1. The molecule has 0 radical (unpaired) electrons. The number of rotatable bonds is 4. The van der Waals surface area contributed by atoms with Gasteiger partial charge in [0.2, 0.25) is 0 Å². The lowest BCUT2D eigenvalue weighted by Crippen LogP contribution is -2.27. The molecule has 1 N–H and O–H groups in total. The topological polar surface area (TPSA) is 55.8 Å². The summed E-state index contributed by atoms with van der Waals surface area (Å²) in [7, 11) is 0. The first-order chi connectivity index (χ1) is 7.75. The van der Waals surface area contributed by atoms with Gasteiger partial charge in [0.1, 0.15) is 0 Å². The standard InChI is InChI=1S/C12H20O4/c13-12(14)10-1-3-11(4-2-10)16-8-9-5-6-15-7-9/h9-11H,1-8H2,(H,13,14)/t9-,10?,11?/m0/s1. The second kappa shape index (κ2) is 5.64. The van der Waals surface area contributed by atoms with Crippen LogP contribution >= 0.6 is 0 Å². The van der Waals surface area contributed by atoms with Gasteiger partial charge in [0.25, 0.3) is 0 Å². The van der Waals surface area contributed by atoms with Gasteiger partial charge in [0, 0.05) is 12.5 Å². The van der Waals surface area contributed by atoms with E-state index in [1.807, 2.05) is 0 Å². The van der Waals surface area contributed by atoms with E-state index in [0.29, 0.717) is 5.92 Å². The Balaban J connectivity index is 1.63. The second-order valence-corrected chi connectivity index (χ2v) is 4.87. The van der Waals surface area contributed by atoms with E-state index in [1.165, 1.54) is 0 Å². The van der Waals surface area contributed by atoms with Crippen molar-refractivity contribution in [2.45, 2.75) is 38.2 Å². The van der Waals surface area contributed by atoms with Gasteiger partial charge >= 0.3 is 5.97 Å². The molecular formula is C12H20O4. The third-order valence-electron chi connectivity index (χ3n) is 3.62. The summed E-state index contributed by atoms with van der Waals surface area (Å²) in [4.78, 5) is 10.8. The summed E-state index contributed by atoms with van der Waals surface area (Å²) < 4.78 is 11.1. The number of carboxylic acid groups (broad SMARTS) is 1. The van der Waals surface area contributed by atoms with Crippen molar-refractivity contribution < 1.29 is 19.4 Å². The molecule has 0 aromatic carbocycles. The number of aliphatic carboxylic acids is 1. The third-order valence-corrected chi connectivity index (χ3v) is 3.62.